The Morgan fingerprint density at radius 3 is 2.80 bits per heavy atom. The molecule has 0 aliphatic carbocycles. The molecule has 8 nitrogen and oxygen atoms in total. The largest absolute Gasteiger partial charge is 0.360 e. The molecule has 3 rings (SSSR count). The Labute approximate surface area is 149 Å². The third-order valence-electron chi connectivity index (χ3n) is 4.26. The molecule has 25 heavy (non-hydrogen) atoms. The van der Waals surface area contributed by atoms with Gasteiger partial charge < -0.3 is 9.09 Å². The third kappa shape index (κ3) is 3.46. The zero-order chi connectivity index (χ0) is 18.2. The molecule has 0 N–H and O–H groups in total. The van der Waals surface area contributed by atoms with Crippen molar-refractivity contribution >= 4 is 27.3 Å². The van der Waals surface area contributed by atoms with Crippen molar-refractivity contribution in [2.24, 2.45) is 18.0 Å². The van der Waals surface area contributed by atoms with Crippen LogP contribution < -0.4 is 4.80 Å². The second kappa shape index (κ2) is 6.85. The molecule has 1 saturated heterocycles. The maximum atomic E-state index is 12.9. The van der Waals surface area contributed by atoms with Gasteiger partial charge in [-0.25, -0.2) is 8.42 Å². The average molecular weight is 384 g/mol. The van der Waals surface area contributed by atoms with E-state index < -0.39 is 15.9 Å². The molecule has 1 unspecified atom stereocenters. The summed E-state index contributed by atoms with van der Waals surface area (Å²) in [6, 6.07) is 0. The molecule has 136 valence electrons. The van der Waals surface area contributed by atoms with Crippen molar-refractivity contribution in [2.45, 2.75) is 31.6 Å². The van der Waals surface area contributed by atoms with Crippen LogP contribution in [0.3, 0.4) is 0 Å². The summed E-state index contributed by atoms with van der Waals surface area (Å²) in [4.78, 5) is 17.3. The van der Waals surface area contributed by atoms with Crippen LogP contribution in [0.25, 0.3) is 0 Å². The van der Waals surface area contributed by atoms with Crippen molar-refractivity contribution in [1.29, 1.82) is 0 Å². The SMILES string of the molecule is Cc1noc(C)c1S(=O)(=O)N1CCCC(C(=O)N=c2sccn2C)C1. The number of carbonyl (C=O) groups excluding carboxylic acids is 1. The highest BCUT2D eigenvalue weighted by Gasteiger charge is 2.36. The van der Waals surface area contributed by atoms with Crippen molar-refractivity contribution in [3.63, 3.8) is 0 Å². The lowest BCUT2D eigenvalue weighted by atomic mass is 9.99. The predicted octanol–water partition coefficient (Wildman–Crippen LogP) is 1.22. The number of amides is 1. The second-order valence-electron chi connectivity index (χ2n) is 6.10. The molecule has 1 atom stereocenters. The molecule has 1 aliphatic heterocycles. The van der Waals surface area contributed by atoms with E-state index in [1.165, 1.54) is 15.6 Å². The van der Waals surface area contributed by atoms with Gasteiger partial charge in [0.15, 0.2) is 10.6 Å². The summed E-state index contributed by atoms with van der Waals surface area (Å²) >= 11 is 1.37. The number of nitrogens with zero attached hydrogens (tertiary/aromatic N) is 4. The number of piperidine rings is 1. The molecule has 0 radical (unpaired) electrons. The zero-order valence-electron chi connectivity index (χ0n) is 14.3. The van der Waals surface area contributed by atoms with Gasteiger partial charge in [-0.1, -0.05) is 5.16 Å². The van der Waals surface area contributed by atoms with E-state index in [1.54, 1.807) is 18.4 Å². The van der Waals surface area contributed by atoms with Gasteiger partial charge in [-0.2, -0.15) is 9.30 Å². The number of hydrogen-bond acceptors (Lipinski definition) is 6. The molecule has 2 aromatic rings. The first-order valence-corrected chi connectivity index (χ1v) is 10.2. The van der Waals surface area contributed by atoms with Gasteiger partial charge in [0.2, 0.25) is 10.0 Å². The fourth-order valence-electron chi connectivity index (χ4n) is 2.95. The molecule has 10 heteroatoms. The standard InChI is InChI=1S/C15H20N4O4S2/c1-10-13(11(2)23-17-10)25(21,22)19-6-4-5-12(9-19)14(20)16-15-18(3)7-8-24-15/h7-8,12H,4-6,9H2,1-3H3. The molecule has 1 aliphatic rings. The van der Waals surface area contributed by atoms with Gasteiger partial charge in [0.25, 0.3) is 5.91 Å². The van der Waals surface area contributed by atoms with Crippen LogP contribution in [-0.4, -0.2) is 41.4 Å². The van der Waals surface area contributed by atoms with Crippen LogP contribution in [0.15, 0.2) is 26.0 Å². The minimum atomic E-state index is -3.74. The molecule has 0 bridgehead atoms. The van der Waals surface area contributed by atoms with Gasteiger partial charge in [-0.15, -0.1) is 11.3 Å². The van der Waals surface area contributed by atoms with Crippen LogP contribution in [-0.2, 0) is 21.9 Å². The minimum Gasteiger partial charge on any atom is -0.360 e. The summed E-state index contributed by atoms with van der Waals surface area (Å²) < 4.78 is 33.9. The maximum Gasteiger partial charge on any atom is 0.252 e. The summed E-state index contributed by atoms with van der Waals surface area (Å²) in [5.41, 5.74) is 0.334. The van der Waals surface area contributed by atoms with Crippen LogP contribution in [0.4, 0.5) is 0 Å². The fraction of sp³-hybridized carbons (Fsp3) is 0.533. The lowest BCUT2D eigenvalue weighted by molar-refractivity contribution is -0.122. The molecule has 2 aromatic heterocycles. The van der Waals surface area contributed by atoms with E-state index in [4.69, 9.17) is 4.52 Å². The second-order valence-corrected chi connectivity index (χ2v) is 8.85. The third-order valence-corrected chi connectivity index (χ3v) is 7.22. The Bertz CT molecular complexity index is 935. The normalized spacial score (nSPS) is 20.1. The van der Waals surface area contributed by atoms with Crippen molar-refractivity contribution in [3.8, 4) is 0 Å². The van der Waals surface area contributed by atoms with Crippen LogP contribution in [0.1, 0.15) is 24.3 Å². The Hall–Kier alpha value is -1.78. The molecule has 0 saturated carbocycles. The Kier molecular flexibility index (Phi) is 4.94. The lowest BCUT2D eigenvalue weighted by Gasteiger charge is -2.30. The number of rotatable bonds is 3. The first-order chi connectivity index (χ1) is 11.8. The Balaban J connectivity index is 1.84. The number of carbonyl (C=O) groups is 1. The molecular formula is C15H20N4O4S2. The van der Waals surface area contributed by atoms with Gasteiger partial charge >= 0.3 is 0 Å². The predicted molar refractivity (Wildman–Crippen MR) is 91.3 cm³/mol. The summed E-state index contributed by atoms with van der Waals surface area (Å²) in [6.07, 6.45) is 3.07. The zero-order valence-corrected chi connectivity index (χ0v) is 15.9. The Morgan fingerprint density at radius 2 is 2.20 bits per heavy atom. The smallest absolute Gasteiger partial charge is 0.252 e. The highest BCUT2D eigenvalue weighted by molar-refractivity contribution is 7.89. The highest BCUT2D eigenvalue weighted by atomic mass is 32.2. The molecular weight excluding hydrogens is 364 g/mol. The number of sulfonamides is 1. The quantitative estimate of drug-likeness (QED) is 0.792. The summed E-state index contributed by atoms with van der Waals surface area (Å²) in [5.74, 6) is -0.455. The van der Waals surface area contributed by atoms with E-state index in [-0.39, 0.29) is 23.1 Å². The van der Waals surface area contributed by atoms with E-state index in [1.807, 2.05) is 18.6 Å². The van der Waals surface area contributed by atoms with Gasteiger partial charge in [0.05, 0.1) is 5.92 Å². The van der Waals surface area contributed by atoms with Crippen LogP contribution in [0, 0.1) is 19.8 Å². The van der Waals surface area contributed by atoms with Crippen molar-refractivity contribution in [2.75, 3.05) is 13.1 Å². The molecule has 1 fully saturated rings. The van der Waals surface area contributed by atoms with Gasteiger partial charge in [-0.3, -0.25) is 4.79 Å². The van der Waals surface area contributed by atoms with Crippen molar-refractivity contribution in [1.82, 2.24) is 14.0 Å². The topological polar surface area (TPSA) is 97.8 Å². The molecule has 0 aromatic carbocycles. The van der Waals surface area contributed by atoms with Gasteiger partial charge in [-0.05, 0) is 26.7 Å². The van der Waals surface area contributed by atoms with Crippen LogP contribution in [0.5, 0.6) is 0 Å². The number of thiazole rings is 1. The monoisotopic (exact) mass is 384 g/mol. The fourth-order valence-corrected chi connectivity index (χ4v) is 5.50. The maximum absolute atomic E-state index is 12.9. The molecule has 0 spiro atoms. The first kappa shape index (κ1) is 18.0. The van der Waals surface area contributed by atoms with E-state index in [2.05, 4.69) is 10.1 Å². The van der Waals surface area contributed by atoms with Crippen molar-refractivity contribution in [3.05, 3.63) is 27.8 Å². The molecule has 1 amide bonds. The number of aromatic nitrogens is 2. The highest BCUT2D eigenvalue weighted by Crippen LogP contribution is 2.28. The minimum absolute atomic E-state index is 0.0993. The van der Waals surface area contributed by atoms with Crippen LogP contribution >= 0.6 is 11.3 Å². The van der Waals surface area contributed by atoms with E-state index in [9.17, 15) is 13.2 Å². The van der Waals surface area contributed by atoms with Gasteiger partial charge in [0, 0.05) is 31.7 Å². The van der Waals surface area contributed by atoms with Gasteiger partial charge in [0.1, 0.15) is 10.6 Å². The summed E-state index contributed by atoms with van der Waals surface area (Å²) in [6.45, 7) is 3.68. The summed E-state index contributed by atoms with van der Waals surface area (Å²) in [7, 11) is -1.92. The van der Waals surface area contributed by atoms with Crippen LogP contribution in [0.2, 0.25) is 0 Å². The Morgan fingerprint density at radius 1 is 1.44 bits per heavy atom. The first-order valence-electron chi connectivity index (χ1n) is 7.92. The van der Waals surface area contributed by atoms with E-state index in [0.29, 0.717) is 29.9 Å². The van der Waals surface area contributed by atoms with E-state index in [0.717, 1.165) is 0 Å². The number of hydrogen-bond donors (Lipinski definition) is 0. The van der Waals surface area contributed by atoms with Crippen molar-refractivity contribution < 1.29 is 17.7 Å². The lowest BCUT2D eigenvalue weighted by Crippen LogP contribution is -2.42. The molecule has 3 heterocycles. The average Bonchev–Trinajstić information content (AvgIpc) is 3.13. The number of aryl methyl sites for hydroxylation is 3. The summed E-state index contributed by atoms with van der Waals surface area (Å²) in [5, 5.41) is 5.57. The van der Waals surface area contributed by atoms with E-state index >= 15 is 0 Å².